The normalized spacial score (nSPS) is 18.4. The summed E-state index contributed by atoms with van der Waals surface area (Å²) in [5, 5.41) is 8.61. The summed E-state index contributed by atoms with van der Waals surface area (Å²) in [5.74, 6) is -1.22. The highest BCUT2D eigenvalue weighted by molar-refractivity contribution is 7.92. The molecule has 1 aromatic rings. The summed E-state index contributed by atoms with van der Waals surface area (Å²) in [7, 11) is -3.33. The van der Waals surface area contributed by atoms with Crippen molar-refractivity contribution in [2.45, 2.75) is 49.3 Å². The topological polar surface area (TPSA) is 91.8 Å². The van der Waals surface area contributed by atoms with E-state index in [0.717, 1.165) is 0 Å². The van der Waals surface area contributed by atoms with Crippen molar-refractivity contribution in [1.29, 1.82) is 0 Å². The van der Waals surface area contributed by atoms with E-state index in [2.05, 4.69) is 0 Å². The Balaban J connectivity index is 2.09. The summed E-state index contributed by atoms with van der Waals surface area (Å²) in [5.41, 5.74) is 0.675. The Kier molecular flexibility index (Phi) is 5.09. The molecule has 1 fully saturated rings. The first-order valence-electron chi connectivity index (χ1n) is 7.58. The van der Waals surface area contributed by atoms with Gasteiger partial charge in [-0.25, -0.2) is 13.2 Å². The van der Waals surface area contributed by atoms with Gasteiger partial charge in [-0.3, -0.25) is 4.79 Å². The highest BCUT2D eigenvalue weighted by Crippen LogP contribution is 2.20. The van der Waals surface area contributed by atoms with Gasteiger partial charge in [-0.2, -0.15) is 0 Å². The molecule has 0 bridgehead atoms. The Labute approximate surface area is 136 Å². The van der Waals surface area contributed by atoms with Gasteiger partial charge < -0.3 is 10.0 Å². The number of benzene rings is 1. The Hall–Kier alpha value is -1.89. The molecular formula is C16H21NO5S. The number of carboxylic acids is 1. The first kappa shape index (κ1) is 17.5. The van der Waals surface area contributed by atoms with Gasteiger partial charge in [0.15, 0.2) is 9.84 Å². The van der Waals surface area contributed by atoms with Crippen molar-refractivity contribution >= 4 is 21.7 Å². The molecular weight excluding hydrogens is 318 g/mol. The van der Waals surface area contributed by atoms with Crippen LogP contribution in [0.5, 0.6) is 0 Å². The molecule has 1 unspecified atom stereocenters. The number of amides is 1. The third-order valence-corrected chi connectivity index (χ3v) is 6.26. The van der Waals surface area contributed by atoms with Crippen molar-refractivity contribution in [3.8, 4) is 0 Å². The summed E-state index contributed by atoms with van der Waals surface area (Å²) in [4.78, 5) is 25.0. The molecule has 1 amide bonds. The Bertz CT molecular complexity index is 694. The standard InChI is InChI=1S/C16H21NO5S/c1-11(2)23(21,22)13-7-5-12(6-8-13)10-15(18)17-9-3-4-14(17)16(19)20/h5-8,11,14H,3-4,9-10H2,1-2H3,(H,19,20). The SMILES string of the molecule is CC(C)S(=O)(=O)c1ccc(CC(=O)N2CCCC2C(=O)O)cc1. The smallest absolute Gasteiger partial charge is 0.326 e. The van der Waals surface area contributed by atoms with Crippen LogP contribution in [0.25, 0.3) is 0 Å². The van der Waals surface area contributed by atoms with Crippen molar-refractivity contribution in [2.24, 2.45) is 0 Å². The fourth-order valence-corrected chi connectivity index (χ4v) is 3.73. The van der Waals surface area contributed by atoms with Crippen LogP contribution < -0.4 is 0 Å². The second-order valence-electron chi connectivity index (χ2n) is 6.00. The Morgan fingerprint density at radius 1 is 1.26 bits per heavy atom. The molecule has 126 valence electrons. The average molecular weight is 339 g/mol. The number of rotatable bonds is 5. The van der Waals surface area contributed by atoms with Gasteiger partial charge in [0, 0.05) is 6.54 Å². The maximum absolute atomic E-state index is 12.3. The van der Waals surface area contributed by atoms with Crippen molar-refractivity contribution in [3.63, 3.8) is 0 Å². The van der Waals surface area contributed by atoms with Gasteiger partial charge in [0.25, 0.3) is 0 Å². The number of nitrogens with zero attached hydrogens (tertiary/aromatic N) is 1. The number of carboxylic acid groups (broad SMARTS) is 1. The molecule has 0 radical (unpaired) electrons. The van der Waals surface area contributed by atoms with E-state index in [0.29, 0.717) is 24.9 Å². The molecule has 1 N–H and O–H groups in total. The molecule has 1 heterocycles. The monoisotopic (exact) mass is 339 g/mol. The van der Waals surface area contributed by atoms with Gasteiger partial charge in [-0.15, -0.1) is 0 Å². The van der Waals surface area contributed by atoms with Gasteiger partial charge in [-0.1, -0.05) is 12.1 Å². The highest BCUT2D eigenvalue weighted by Gasteiger charge is 2.33. The number of carbonyl (C=O) groups excluding carboxylic acids is 1. The fraction of sp³-hybridized carbons (Fsp3) is 0.500. The van der Waals surface area contributed by atoms with E-state index < -0.39 is 27.1 Å². The number of likely N-dealkylation sites (tertiary alicyclic amines) is 1. The summed E-state index contributed by atoms with van der Waals surface area (Å²) < 4.78 is 24.1. The quantitative estimate of drug-likeness (QED) is 0.877. The lowest BCUT2D eigenvalue weighted by Crippen LogP contribution is -2.41. The van der Waals surface area contributed by atoms with E-state index in [-0.39, 0.29) is 17.2 Å². The molecule has 6 nitrogen and oxygen atoms in total. The molecule has 0 spiro atoms. The van der Waals surface area contributed by atoms with Gasteiger partial charge in [-0.05, 0) is 44.4 Å². The lowest BCUT2D eigenvalue weighted by Gasteiger charge is -2.21. The van der Waals surface area contributed by atoms with Crippen LogP contribution in [0, 0.1) is 0 Å². The van der Waals surface area contributed by atoms with Crippen molar-refractivity contribution in [1.82, 2.24) is 4.90 Å². The molecule has 1 aliphatic rings. The lowest BCUT2D eigenvalue weighted by molar-refractivity contribution is -0.148. The van der Waals surface area contributed by atoms with E-state index in [1.807, 2.05) is 0 Å². The molecule has 2 rings (SSSR count). The number of sulfone groups is 1. The highest BCUT2D eigenvalue weighted by atomic mass is 32.2. The third-order valence-electron chi connectivity index (χ3n) is 4.09. The average Bonchev–Trinajstić information content (AvgIpc) is 2.97. The van der Waals surface area contributed by atoms with Gasteiger partial charge >= 0.3 is 5.97 Å². The van der Waals surface area contributed by atoms with Crippen molar-refractivity contribution in [2.75, 3.05) is 6.54 Å². The van der Waals surface area contributed by atoms with E-state index in [1.165, 1.54) is 17.0 Å². The predicted molar refractivity (Wildman–Crippen MR) is 84.8 cm³/mol. The molecule has 0 aliphatic carbocycles. The maximum Gasteiger partial charge on any atom is 0.326 e. The minimum Gasteiger partial charge on any atom is -0.480 e. The fourth-order valence-electron chi connectivity index (χ4n) is 2.67. The number of hydrogen-bond acceptors (Lipinski definition) is 4. The van der Waals surface area contributed by atoms with Crippen LogP contribution in [0.1, 0.15) is 32.3 Å². The van der Waals surface area contributed by atoms with Gasteiger partial charge in [0.1, 0.15) is 6.04 Å². The van der Waals surface area contributed by atoms with Crippen LogP contribution in [-0.2, 0) is 25.8 Å². The molecule has 0 saturated carbocycles. The van der Waals surface area contributed by atoms with Crippen LogP contribution in [0.3, 0.4) is 0 Å². The van der Waals surface area contributed by atoms with E-state index in [9.17, 15) is 18.0 Å². The Morgan fingerprint density at radius 3 is 2.39 bits per heavy atom. The molecule has 7 heteroatoms. The number of aliphatic carboxylic acids is 1. The zero-order valence-electron chi connectivity index (χ0n) is 13.2. The lowest BCUT2D eigenvalue weighted by atomic mass is 10.1. The molecule has 23 heavy (non-hydrogen) atoms. The molecule has 1 atom stereocenters. The molecule has 1 aliphatic heterocycles. The second kappa shape index (κ2) is 6.70. The second-order valence-corrected chi connectivity index (χ2v) is 8.50. The van der Waals surface area contributed by atoms with Gasteiger partial charge in [0.2, 0.25) is 5.91 Å². The summed E-state index contributed by atoms with van der Waals surface area (Å²) in [6, 6.07) is 5.47. The van der Waals surface area contributed by atoms with Crippen molar-refractivity contribution in [3.05, 3.63) is 29.8 Å². The Morgan fingerprint density at radius 2 is 1.87 bits per heavy atom. The van der Waals surface area contributed by atoms with Crippen LogP contribution in [0.15, 0.2) is 29.2 Å². The van der Waals surface area contributed by atoms with Crippen LogP contribution in [-0.4, -0.2) is 48.1 Å². The third kappa shape index (κ3) is 3.72. The summed E-state index contributed by atoms with van der Waals surface area (Å²) in [6.07, 6.45) is 1.24. The largest absolute Gasteiger partial charge is 0.480 e. The van der Waals surface area contributed by atoms with Crippen LogP contribution in [0.4, 0.5) is 0 Å². The van der Waals surface area contributed by atoms with Crippen molar-refractivity contribution < 1.29 is 23.1 Å². The molecule has 0 aromatic heterocycles. The number of hydrogen-bond donors (Lipinski definition) is 1. The molecule has 1 saturated heterocycles. The summed E-state index contributed by atoms with van der Waals surface area (Å²) in [6.45, 7) is 3.69. The zero-order chi connectivity index (χ0) is 17.2. The first-order chi connectivity index (χ1) is 10.7. The minimum absolute atomic E-state index is 0.0752. The number of carbonyl (C=O) groups is 2. The molecule has 1 aromatic carbocycles. The van der Waals surface area contributed by atoms with E-state index in [4.69, 9.17) is 5.11 Å². The maximum atomic E-state index is 12.3. The van der Waals surface area contributed by atoms with E-state index in [1.54, 1.807) is 26.0 Å². The predicted octanol–water partition coefficient (Wildman–Crippen LogP) is 1.49. The first-order valence-corrected chi connectivity index (χ1v) is 9.13. The minimum atomic E-state index is -3.33. The van der Waals surface area contributed by atoms with Gasteiger partial charge in [0.05, 0.1) is 16.6 Å². The summed E-state index contributed by atoms with van der Waals surface area (Å²) >= 11 is 0. The van der Waals surface area contributed by atoms with Crippen LogP contribution in [0.2, 0.25) is 0 Å². The zero-order valence-corrected chi connectivity index (χ0v) is 14.0. The van der Waals surface area contributed by atoms with E-state index >= 15 is 0 Å². The van der Waals surface area contributed by atoms with Crippen LogP contribution >= 0.6 is 0 Å².